The van der Waals surface area contributed by atoms with Crippen molar-refractivity contribution >= 4 is 17.7 Å². The van der Waals surface area contributed by atoms with E-state index in [-0.39, 0.29) is 11.7 Å². The smallest absolute Gasteiger partial charge is 0.230 e. The van der Waals surface area contributed by atoms with Crippen molar-refractivity contribution in [3.8, 4) is 17.1 Å². The highest BCUT2D eigenvalue weighted by molar-refractivity contribution is 7.99. The summed E-state index contributed by atoms with van der Waals surface area (Å²) in [5.41, 5.74) is 3.17. The van der Waals surface area contributed by atoms with Gasteiger partial charge in [0, 0.05) is 30.7 Å². The molecule has 0 aliphatic heterocycles. The molecule has 0 aliphatic rings. The lowest BCUT2D eigenvalue weighted by Gasteiger charge is -2.11. The Bertz CT molecular complexity index is 877. The maximum absolute atomic E-state index is 11.7. The fourth-order valence-electron chi connectivity index (χ4n) is 2.67. The van der Waals surface area contributed by atoms with Gasteiger partial charge >= 0.3 is 0 Å². The van der Waals surface area contributed by atoms with E-state index < -0.39 is 0 Å². The Labute approximate surface area is 163 Å². The number of pyridine rings is 1. The molecule has 0 atom stereocenters. The van der Waals surface area contributed by atoms with Gasteiger partial charge in [0.1, 0.15) is 0 Å². The molecule has 140 valence electrons. The molecule has 7 heteroatoms. The Morgan fingerprint density at radius 3 is 2.67 bits per heavy atom. The standard InChI is InChI=1S/C20H23N5OS/c1-3-4-6-15-8-10-17(11-9-15)25-19(16-7-5-12-22-13-16)23-24-20(25)27-14-18(26)21-2/h5,7-13H,3-4,6,14H2,1-2H3,(H,21,26). The summed E-state index contributed by atoms with van der Waals surface area (Å²) in [7, 11) is 1.63. The minimum atomic E-state index is -0.0487. The number of aromatic nitrogens is 4. The van der Waals surface area contributed by atoms with Gasteiger partial charge < -0.3 is 5.32 Å². The first-order chi connectivity index (χ1) is 13.2. The maximum Gasteiger partial charge on any atom is 0.230 e. The van der Waals surface area contributed by atoms with E-state index in [2.05, 4.69) is 51.7 Å². The largest absolute Gasteiger partial charge is 0.358 e. The molecule has 2 heterocycles. The highest BCUT2D eigenvalue weighted by Gasteiger charge is 2.17. The summed E-state index contributed by atoms with van der Waals surface area (Å²) < 4.78 is 1.98. The van der Waals surface area contributed by atoms with Crippen LogP contribution in [0.3, 0.4) is 0 Å². The number of unbranched alkanes of at least 4 members (excludes halogenated alkanes) is 1. The molecule has 1 amide bonds. The number of thioether (sulfide) groups is 1. The zero-order valence-corrected chi connectivity index (χ0v) is 16.4. The second-order valence-corrected chi connectivity index (χ2v) is 7.06. The molecular weight excluding hydrogens is 358 g/mol. The summed E-state index contributed by atoms with van der Waals surface area (Å²) in [6.45, 7) is 2.20. The number of aryl methyl sites for hydroxylation is 1. The van der Waals surface area contributed by atoms with Crippen LogP contribution in [0.15, 0.2) is 53.9 Å². The first kappa shape index (κ1) is 19.1. The van der Waals surface area contributed by atoms with Gasteiger partial charge in [-0.1, -0.05) is 37.2 Å². The van der Waals surface area contributed by atoms with Crippen LogP contribution in [0.4, 0.5) is 0 Å². The summed E-state index contributed by atoms with van der Waals surface area (Å²) in [6.07, 6.45) is 6.93. The average Bonchev–Trinajstić information content (AvgIpc) is 3.15. The molecule has 0 saturated carbocycles. The van der Waals surface area contributed by atoms with E-state index >= 15 is 0 Å². The Morgan fingerprint density at radius 2 is 2.00 bits per heavy atom. The lowest BCUT2D eigenvalue weighted by Crippen LogP contribution is -2.20. The number of nitrogens with zero attached hydrogens (tertiary/aromatic N) is 4. The number of carbonyl (C=O) groups excluding carboxylic acids is 1. The van der Waals surface area contributed by atoms with Crippen molar-refractivity contribution in [2.24, 2.45) is 0 Å². The second-order valence-electron chi connectivity index (χ2n) is 6.12. The number of hydrogen-bond donors (Lipinski definition) is 1. The van der Waals surface area contributed by atoms with Gasteiger partial charge in [-0.15, -0.1) is 10.2 Å². The van der Waals surface area contributed by atoms with Crippen LogP contribution in [-0.2, 0) is 11.2 Å². The van der Waals surface area contributed by atoms with Gasteiger partial charge in [-0.25, -0.2) is 0 Å². The van der Waals surface area contributed by atoms with Crippen LogP contribution in [0.5, 0.6) is 0 Å². The van der Waals surface area contributed by atoms with Crippen LogP contribution in [0.25, 0.3) is 17.1 Å². The van der Waals surface area contributed by atoms with Crippen LogP contribution in [0.1, 0.15) is 25.3 Å². The van der Waals surface area contributed by atoms with Crippen molar-refractivity contribution in [3.05, 3.63) is 54.4 Å². The van der Waals surface area contributed by atoms with Crippen molar-refractivity contribution in [2.75, 3.05) is 12.8 Å². The number of nitrogens with one attached hydrogen (secondary N) is 1. The Hall–Kier alpha value is -2.67. The summed E-state index contributed by atoms with van der Waals surface area (Å²) >= 11 is 1.37. The molecule has 0 unspecified atom stereocenters. The van der Waals surface area contributed by atoms with E-state index in [1.165, 1.54) is 30.2 Å². The molecule has 3 aromatic rings. The molecule has 0 spiro atoms. The van der Waals surface area contributed by atoms with Gasteiger partial charge in [-0.3, -0.25) is 14.3 Å². The zero-order valence-electron chi connectivity index (χ0n) is 15.6. The molecule has 2 aromatic heterocycles. The van der Waals surface area contributed by atoms with Crippen molar-refractivity contribution in [3.63, 3.8) is 0 Å². The Balaban J connectivity index is 1.97. The first-order valence-electron chi connectivity index (χ1n) is 9.01. The minimum Gasteiger partial charge on any atom is -0.358 e. The van der Waals surface area contributed by atoms with Crippen LogP contribution >= 0.6 is 11.8 Å². The van der Waals surface area contributed by atoms with Crippen molar-refractivity contribution in [1.82, 2.24) is 25.1 Å². The van der Waals surface area contributed by atoms with Crippen molar-refractivity contribution in [2.45, 2.75) is 31.3 Å². The SMILES string of the molecule is CCCCc1ccc(-n2c(SCC(=O)NC)nnc2-c2cccnc2)cc1. The number of amides is 1. The van der Waals surface area contributed by atoms with Gasteiger partial charge in [-0.2, -0.15) is 0 Å². The van der Waals surface area contributed by atoms with Crippen LogP contribution in [-0.4, -0.2) is 38.5 Å². The summed E-state index contributed by atoms with van der Waals surface area (Å²) in [6, 6.07) is 12.3. The highest BCUT2D eigenvalue weighted by atomic mass is 32.2. The number of rotatable bonds is 8. The second kappa shape index (κ2) is 9.32. The maximum atomic E-state index is 11.7. The molecule has 6 nitrogen and oxygen atoms in total. The summed E-state index contributed by atoms with van der Waals surface area (Å²) in [5.74, 6) is 0.951. The quantitative estimate of drug-likeness (QED) is 0.605. The molecule has 1 aromatic carbocycles. The molecule has 0 radical (unpaired) electrons. The third kappa shape index (κ3) is 4.74. The minimum absolute atomic E-state index is 0.0487. The molecule has 1 N–H and O–H groups in total. The average molecular weight is 382 g/mol. The third-order valence-electron chi connectivity index (χ3n) is 4.18. The summed E-state index contributed by atoms with van der Waals surface area (Å²) in [5, 5.41) is 12.0. The fraction of sp³-hybridized carbons (Fsp3) is 0.300. The van der Waals surface area contributed by atoms with E-state index in [0.717, 1.165) is 17.7 Å². The van der Waals surface area contributed by atoms with Gasteiger partial charge in [0.05, 0.1) is 5.75 Å². The fourth-order valence-corrected chi connectivity index (χ4v) is 3.50. The Morgan fingerprint density at radius 1 is 1.19 bits per heavy atom. The first-order valence-corrected chi connectivity index (χ1v) is 10.00. The lowest BCUT2D eigenvalue weighted by atomic mass is 10.1. The molecule has 0 aliphatic carbocycles. The van der Waals surface area contributed by atoms with Gasteiger partial charge in [0.2, 0.25) is 5.91 Å². The van der Waals surface area contributed by atoms with E-state index in [1.54, 1.807) is 19.4 Å². The monoisotopic (exact) mass is 381 g/mol. The van der Waals surface area contributed by atoms with Crippen LogP contribution in [0, 0.1) is 0 Å². The van der Waals surface area contributed by atoms with Crippen molar-refractivity contribution in [1.29, 1.82) is 0 Å². The van der Waals surface area contributed by atoms with Crippen molar-refractivity contribution < 1.29 is 4.79 Å². The number of benzene rings is 1. The number of carbonyl (C=O) groups is 1. The van der Waals surface area contributed by atoms with Gasteiger partial charge in [0.15, 0.2) is 11.0 Å². The van der Waals surface area contributed by atoms with Crippen LogP contribution in [0.2, 0.25) is 0 Å². The zero-order chi connectivity index (χ0) is 19.1. The lowest BCUT2D eigenvalue weighted by molar-refractivity contribution is -0.118. The van der Waals surface area contributed by atoms with Crippen LogP contribution < -0.4 is 5.32 Å². The van der Waals surface area contributed by atoms with Gasteiger partial charge in [0.25, 0.3) is 0 Å². The molecular formula is C20H23N5OS. The molecule has 0 saturated heterocycles. The third-order valence-corrected chi connectivity index (χ3v) is 5.11. The molecule has 0 fully saturated rings. The topological polar surface area (TPSA) is 72.7 Å². The molecule has 3 rings (SSSR count). The van der Waals surface area contributed by atoms with Gasteiger partial charge in [-0.05, 0) is 42.7 Å². The van der Waals surface area contributed by atoms with E-state index in [9.17, 15) is 4.79 Å². The van der Waals surface area contributed by atoms with E-state index in [1.807, 2.05) is 16.7 Å². The van der Waals surface area contributed by atoms with E-state index in [4.69, 9.17) is 0 Å². The molecule has 27 heavy (non-hydrogen) atoms. The Kier molecular flexibility index (Phi) is 6.59. The molecule has 0 bridgehead atoms. The van der Waals surface area contributed by atoms with E-state index in [0.29, 0.717) is 11.0 Å². The predicted molar refractivity (Wildman–Crippen MR) is 108 cm³/mol. The highest BCUT2D eigenvalue weighted by Crippen LogP contribution is 2.27. The number of hydrogen-bond acceptors (Lipinski definition) is 5. The summed E-state index contributed by atoms with van der Waals surface area (Å²) in [4.78, 5) is 15.8. The normalized spacial score (nSPS) is 10.7. The predicted octanol–water partition coefficient (Wildman–Crippen LogP) is 3.51.